The number of para-hydroxylation sites is 1. The van der Waals surface area contributed by atoms with E-state index in [9.17, 15) is 5.21 Å². The van der Waals surface area contributed by atoms with Gasteiger partial charge in [0.1, 0.15) is 12.0 Å². The van der Waals surface area contributed by atoms with Crippen LogP contribution in [0.3, 0.4) is 0 Å². The lowest BCUT2D eigenvalue weighted by Gasteiger charge is -2.43. The van der Waals surface area contributed by atoms with Crippen LogP contribution in [0.5, 0.6) is 0 Å². The summed E-state index contributed by atoms with van der Waals surface area (Å²) >= 11 is 0. The molecule has 1 fully saturated rings. The zero-order valence-corrected chi connectivity index (χ0v) is 12.3. The van der Waals surface area contributed by atoms with Gasteiger partial charge in [0.25, 0.3) is 0 Å². The third kappa shape index (κ3) is 3.51. The minimum Gasteiger partial charge on any atom is -0.349 e. The molecule has 1 unspecified atom stereocenters. The van der Waals surface area contributed by atoms with Crippen LogP contribution in [0, 0.1) is 5.41 Å². The number of amidine groups is 1. The van der Waals surface area contributed by atoms with E-state index in [1.807, 2.05) is 18.2 Å². The van der Waals surface area contributed by atoms with Crippen molar-refractivity contribution < 1.29 is 5.21 Å². The standard InChI is InChI=1S/C16H25N3O/c1-2-3-4-8-11-16-18(13-12-15(17)19(16)20)14-9-6-5-7-10-14/h5-7,9-10,16-17,20H,2-4,8,11-13H2,1H3. The maximum Gasteiger partial charge on any atom is 0.128 e. The SMILES string of the molecule is CCCCCCC1N(O)C(=N)CCN1c1ccccc1. The van der Waals surface area contributed by atoms with E-state index in [2.05, 4.69) is 24.0 Å². The zero-order valence-electron chi connectivity index (χ0n) is 12.3. The Hall–Kier alpha value is -1.55. The van der Waals surface area contributed by atoms with Crippen molar-refractivity contribution in [2.45, 2.75) is 51.6 Å². The quantitative estimate of drug-likeness (QED) is 0.775. The summed E-state index contributed by atoms with van der Waals surface area (Å²) in [7, 11) is 0. The minimum absolute atomic E-state index is 0.101. The average Bonchev–Trinajstić information content (AvgIpc) is 2.48. The molecule has 1 aliphatic rings. The minimum atomic E-state index is -0.101. The number of benzene rings is 1. The molecule has 110 valence electrons. The summed E-state index contributed by atoms with van der Waals surface area (Å²) in [6.07, 6.45) is 6.12. The number of nitrogens with zero attached hydrogens (tertiary/aromatic N) is 2. The van der Waals surface area contributed by atoms with Gasteiger partial charge in [-0.2, -0.15) is 0 Å². The number of hydrogen-bond acceptors (Lipinski definition) is 3. The Labute approximate surface area is 121 Å². The first kappa shape index (κ1) is 14.9. The molecule has 2 rings (SSSR count). The second kappa shape index (κ2) is 7.29. The summed E-state index contributed by atoms with van der Waals surface area (Å²) in [5.41, 5.74) is 1.12. The molecule has 0 aromatic heterocycles. The molecular formula is C16H25N3O. The van der Waals surface area contributed by atoms with Crippen molar-refractivity contribution in [3.8, 4) is 0 Å². The van der Waals surface area contributed by atoms with E-state index in [0.717, 1.165) is 30.1 Å². The summed E-state index contributed by atoms with van der Waals surface area (Å²) < 4.78 is 0. The zero-order chi connectivity index (χ0) is 14.4. The molecule has 0 saturated carbocycles. The third-order valence-corrected chi connectivity index (χ3v) is 3.91. The van der Waals surface area contributed by atoms with Crippen LogP contribution in [0.2, 0.25) is 0 Å². The molecule has 0 spiro atoms. The van der Waals surface area contributed by atoms with E-state index in [0.29, 0.717) is 12.3 Å². The molecule has 1 atom stereocenters. The molecular weight excluding hydrogens is 250 g/mol. The van der Waals surface area contributed by atoms with Crippen LogP contribution in [-0.4, -0.2) is 28.8 Å². The predicted octanol–water partition coefficient (Wildman–Crippen LogP) is 3.86. The molecule has 1 heterocycles. The van der Waals surface area contributed by atoms with Gasteiger partial charge < -0.3 is 4.90 Å². The van der Waals surface area contributed by atoms with Crippen LogP contribution < -0.4 is 4.90 Å². The Morgan fingerprint density at radius 1 is 1.20 bits per heavy atom. The highest BCUT2D eigenvalue weighted by Crippen LogP contribution is 2.25. The molecule has 1 saturated heterocycles. The average molecular weight is 275 g/mol. The van der Waals surface area contributed by atoms with Gasteiger partial charge >= 0.3 is 0 Å². The van der Waals surface area contributed by atoms with E-state index in [-0.39, 0.29) is 6.17 Å². The predicted molar refractivity (Wildman–Crippen MR) is 82.3 cm³/mol. The van der Waals surface area contributed by atoms with Crippen LogP contribution in [0.4, 0.5) is 5.69 Å². The van der Waals surface area contributed by atoms with Gasteiger partial charge in [0.2, 0.25) is 0 Å². The Morgan fingerprint density at radius 2 is 1.95 bits per heavy atom. The molecule has 2 N–H and O–H groups in total. The van der Waals surface area contributed by atoms with Crippen molar-refractivity contribution in [2.75, 3.05) is 11.4 Å². The summed E-state index contributed by atoms with van der Waals surface area (Å²) in [6, 6.07) is 10.2. The van der Waals surface area contributed by atoms with Crippen molar-refractivity contribution in [3.05, 3.63) is 30.3 Å². The molecule has 4 heteroatoms. The van der Waals surface area contributed by atoms with Crippen LogP contribution in [0.15, 0.2) is 30.3 Å². The normalized spacial score (nSPS) is 19.5. The number of hydroxylamine groups is 2. The monoisotopic (exact) mass is 275 g/mol. The molecule has 4 nitrogen and oxygen atoms in total. The molecule has 0 radical (unpaired) electrons. The van der Waals surface area contributed by atoms with Gasteiger partial charge in [-0.15, -0.1) is 0 Å². The Kier molecular flexibility index (Phi) is 5.41. The topological polar surface area (TPSA) is 50.6 Å². The first-order chi connectivity index (χ1) is 9.74. The first-order valence-corrected chi connectivity index (χ1v) is 7.61. The largest absolute Gasteiger partial charge is 0.349 e. The second-order valence-electron chi connectivity index (χ2n) is 5.40. The maximum atomic E-state index is 10.2. The number of nitrogens with one attached hydrogen (secondary N) is 1. The summed E-state index contributed by atoms with van der Waals surface area (Å²) in [6.45, 7) is 3.00. The molecule has 0 bridgehead atoms. The molecule has 0 amide bonds. The molecule has 1 aromatic rings. The van der Waals surface area contributed by atoms with Gasteiger partial charge in [-0.3, -0.25) is 10.6 Å². The van der Waals surface area contributed by atoms with Crippen molar-refractivity contribution in [2.24, 2.45) is 0 Å². The first-order valence-electron chi connectivity index (χ1n) is 7.61. The van der Waals surface area contributed by atoms with Gasteiger partial charge in [0.05, 0.1) is 0 Å². The van der Waals surface area contributed by atoms with Crippen molar-refractivity contribution in [1.82, 2.24) is 5.06 Å². The van der Waals surface area contributed by atoms with Crippen LogP contribution in [0.25, 0.3) is 0 Å². The van der Waals surface area contributed by atoms with Crippen LogP contribution in [-0.2, 0) is 0 Å². The van der Waals surface area contributed by atoms with Gasteiger partial charge in [0, 0.05) is 18.7 Å². The van der Waals surface area contributed by atoms with E-state index >= 15 is 0 Å². The van der Waals surface area contributed by atoms with Gasteiger partial charge in [-0.1, -0.05) is 44.4 Å². The number of unbranched alkanes of at least 4 members (excludes halogenated alkanes) is 3. The van der Waals surface area contributed by atoms with Crippen LogP contribution >= 0.6 is 0 Å². The van der Waals surface area contributed by atoms with Crippen molar-refractivity contribution in [1.29, 1.82) is 5.41 Å². The third-order valence-electron chi connectivity index (χ3n) is 3.91. The summed E-state index contributed by atoms with van der Waals surface area (Å²) in [5.74, 6) is 0.331. The maximum absolute atomic E-state index is 10.2. The fraction of sp³-hybridized carbons (Fsp3) is 0.562. The number of rotatable bonds is 6. The van der Waals surface area contributed by atoms with E-state index in [1.165, 1.54) is 19.3 Å². The lowest BCUT2D eigenvalue weighted by atomic mass is 10.1. The number of hydrogen-bond donors (Lipinski definition) is 2. The Bertz CT molecular complexity index is 421. The highest BCUT2D eigenvalue weighted by Gasteiger charge is 2.30. The Morgan fingerprint density at radius 3 is 2.65 bits per heavy atom. The molecule has 1 aliphatic heterocycles. The highest BCUT2D eigenvalue weighted by molar-refractivity contribution is 5.80. The Balaban J connectivity index is 2.05. The smallest absolute Gasteiger partial charge is 0.128 e. The van der Waals surface area contributed by atoms with Gasteiger partial charge in [0.15, 0.2) is 0 Å². The fourth-order valence-electron chi connectivity index (χ4n) is 2.75. The van der Waals surface area contributed by atoms with Gasteiger partial charge in [-0.25, -0.2) is 5.06 Å². The van der Waals surface area contributed by atoms with Crippen molar-refractivity contribution >= 4 is 11.5 Å². The molecule has 20 heavy (non-hydrogen) atoms. The lowest BCUT2D eigenvalue weighted by Crippen LogP contribution is -2.55. The van der Waals surface area contributed by atoms with E-state index in [4.69, 9.17) is 5.41 Å². The summed E-state index contributed by atoms with van der Waals surface area (Å²) in [5, 5.41) is 19.2. The summed E-state index contributed by atoms with van der Waals surface area (Å²) in [4.78, 5) is 2.21. The van der Waals surface area contributed by atoms with E-state index in [1.54, 1.807) is 0 Å². The van der Waals surface area contributed by atoms with Crippen molar-refractivity contribution in [3.63, 3.8) is 0 Å². The fourth-order valence-corrected chi connectivity index (χ4v) is 2.75. The molecule has 0 aliphatic carbocycles. The molecule has 1 aromatic carbocycles. The highest BCUT2D eigenvalue weighted by atomic mass is 16.5. The lowest BCUT2D eigenvalue weighted by molar-refractivity contribution is -0.0667. The van der Waals surface area contributed by atoms with E-state index < -0.39 is 0 Å². The van der Waals surface area contributed by atoms with Gasteiger partial charge in [-0.05, 0) is 25.0 Å². The number of anilines is 1. The second-order valence-corrected chi connectivity index (χ2v) is 5.40. The van der Waals surface area contributed by atoms with Crippen LogP contribution in [0.1, 0.15) is 45.4 Å².